The van der Waals surface area contributed by atoms with Crippen LogP contribution in [0, 0.1) is 5.92 Å². The molecule has 0 N–H and O–H groups in total. The molecular formula is C12H13ClO. The minimum atomic E-state index is 0.277. The van der Waals surface area contributed by atoms with E-state index >= 15 is 0 Å². The number of hydrogen-bond acceptors (Lipinski definition) is 1. The minimum Gasteiger partial charge on any atom is -0.294 e. The average molecular weight is 209 g/mol. The summed E-state index contributed by atoms with van der Waals surface area (Å²) in [6.45, 7) is 2.06. The number of hydrogen-bond donors (Lipinski definition) is 0. The molecule has 14 heavy (non-hydrogen) atoms. The van der Waals surface area contributed by atoms with Gasteiger partial charge in [0, 0.05) is 16.5 Å². The first-order chi connectivity index (χ1) is 6.72. The van der Waals surface area contributed by atoms with Crippen molar-refractivity contribution < 1.29 is 4.79 Å². The quantitative estimate of drug-likeness (QED) is 0.695. The predicted octanol–water partition coefficient (Wildman–Crippen LogP) is 3.50. The highest BCUT2D eigenvalue weighted by atomic mass is 35.5. The van der Waals surface area contributed by atoms with Gasteiger partial charge in [0.25, 0.3) is 0 Å². The first-order valence-electron chi connectivity index (χ1n) is 5.05. The van der Waals surface area contributed by atoms with E-state index in [1.807, 2.05) is 12.1 Å². The molecular weight excluding hydrogens is 196 g/mol. The van der Waals surface area contributed by atoms with Gasteiger partial charge in [-0.05, 0) is 37.0 Å². The summed E-state index contributed by atoms with van der Waals surface area (Å²) in [5.74, 6) is 0.558. The molecule has 1 aliphatic rings. The van der Waals surface area contributed by atoms with Crippen molar-refractivity contribution in [2.45, 2.75) is 26.2 Å². The lowest BCUT2D eigenvalue weighted by molar-refractivity contribution is 0.0967. The Morgan fingerprint density at radius 1 is 1.50 bits per heavy atom. The average Bonchev–Trinajstić information content (AvgIpc) is 3.00. The summed E-state index contributed by atoms with van der Waals surface area (Å²) < 4.78 is 0. The normalized spacial score (nSPS) is 15.6. The number of rotatable bonds is 3. The van der Waals surface area contributed by atoms with Crippen molar-refractivity contribution in [2.75, 3.05) is 0 Å². The molecule has 2 rings (SSSR count). The van der Waals surface area contributed by atoms with Gasteiger partial charge in [0.1, 0.15) is 0 Å². The number of halogens is 1. The predicted molar refractivity (Wildman–Crippen MR) is 57.9 cm³/mol. The lowest BCUT2D eigenvalue weighted by atomic mass is 9.99. The Labute approximate surface area is 89.1 Å². The second-order valence-corrected chi connectivity index (χ2v) is 4.23. The van der Waals surface area contributed by atoms with Gasteiger partial charge in [0.05, 0.1) is 0 Å². The van der Waals surface area contributed by atoms with Gasteiger partial charge in [0.15, 0.2) is 5.78 Å². The van der Waals surface area contributed by atoms with Crippen LogP contribution in [-0.4, -0.2) is 5.78 Å². The fourth-order valence-electron chi connectivity index (χ4n) is 1.65. The summed E-state index contributed by atoms with van der Waals surface area (Å²) in [7, 11) is 0. The summed E-state index contributed by atoms with van der Waals surface area (Å²) in [4.78, 5) is 11.9. The highest BCUT2D eigenvalue weighted by Gasteiger charge is 2.31. The van der Waals surface area contributed by atoms with Crippen LogP contribution in [0.4, 0.5) is 0 Å². The minimum absolute atomic E-state index is 0.277. The Bertz CT molecular complexity index is 367. The summed E-state index contributed by atoms with van der Waals surface area (Å²) in [5.41, 5.74) is 1.95. The molecule has 0 amide bonds. The van der Waals surface area contributed by atoms with E-state index in [4.69, 9.17) is 11.6 Å². The lowest BCUT2D eigenvalue weighted by Crippen LogP contribution is -2.05. The van der Waals surface area contributed by atoms with Crippen LogP contribution >= 0.6 is 11.6 Å². The summed E-state index contributed by atoms with van der Waals surface area (Å²) in [5, 5.41) is 0.659. The van der Waals surface area contributed by atoms with Crippen LogP contribution in [0.3, 0.4) is 0 Å². The van der Waals surface area contributed by atoms with Gasteiger partial charge < -0.3 is 0 Å². The number of ketones is 1. The maximum absolute atomic E-state index is 11.9. The number of carbonyl (C=O) groups is 1. The third-order valence-corrected chi connectivity index (χ3v) is 2.90. The zero-order chi connectivity index (χ0) is 10.1. The Morgan fingerprint density at radius 3 is 2.79 bits per heavy atom. The Morgan fingerprint density at radius 2 is 2.21 bits per heavy atom. The molecule has 1 aromatic rings. The van der Waals surface area contributed by atoms with E-state index in [0.29, 0.717) is 5.02 Å². The highest BCUT2D eigenvalue weighted by Crippen LogP contribution is 2.34. The number of carbonyl (C=O) groups excluding carboxylic acids is 1. The Balaban J connectivity index is 2.37. The van der Waals surface area contributed by atoms with E-state index in [1.165, 1.54) is 0 Å². The zero-order valence-electron chi connectivity index (χ0n) is 8.22. The van der Waals surface area contributed by atoms with E-state index in [9.17, 15) is 4.79 Å². The molecule has 1 aromatic carbocycles. The van der Waals surface area contributed by atoms with Crippen molar-refractivity contribution in [3.8, 4) is 0 Å². The van der Waals surface area contributed by atoms with Crippen molar-refractivity contribution in [1.29, 1.82) is 0 Å². The molecule has 0 aromatic heterocycles. The maximum atomic E-state index is 11.9. The molecule has 74 valence electrons. The number of aryl methyl sites for hydroxylation is 1. The molecule has 1 saturated carbocycles. The summed E-state index contributed by atoms with van der Waals surface area (Å²) in [6.07, 6.45) is 2.99. The molecule has 1 aliphatic carbocycles. The van der Waals surface area contributed by atoms with Crippen molar-refractivity contribution in [1.82, 2.24) is 0 Å². The smallest absolute Gasteiger partial charge is 0.166 e. The van der Waals surface area contributed by atoms with Crippen LogP contribution in [0.15, 0.2) is 18.2 Å². The SMILES string of the molecule is CCc1ccc(Cl)cc1C(=O)C1CC1. The van der Waals surface area contributed by atoms with Gasteiger partial charge in [-0.25, -0.2) is 0 Å². The van der Waals surface area contributed by atoms with Gasteiger partial charge in [-0.15, -0.1) is 0 Å². The second kappa shape index (κ2) is 3.74. The van der Waals surface area contributed by atoms with Crippen LogP contribution in [0.5, 0.6) is 0 Å². The lowest BCUT2D eigenvalue weighted by Gasteiger charge is -2.06. The molecule has 0 spiro atoms. The van der Waals surface area contributed by atoms with Crippen LogP contribution in [0.1, 0.15) is 35.7 Å². The van der Waals surface area contributed by atoms with E-state index in [1.54, 1.807) is 6.07 Å². The maximum Gasteiger partial charge on any atom is 0.166 e. The zero-order valence-corrected chi connectivity index (χ0v) is 8.97. The van der Waals surface area contributed by atoms with Crippen molar-refractivity contribution in [2.24, 2.45) is 5.92 Å². The molecule has 2 heteroatoms. The number of Topliss-reactive ketones (excluding diaryl/α,β-unsaturated/α-hetero) is 1. The van der Waals surface area contributed by atoms with Crippen LogP contribution in [0.25, 0.3) is 0 Å². The van der Waals surface area contributed by atoms with Gasteiger partial charge in [-0.2, -0.15) is 0 Å². The first-order valence-corrected chi connectivity index (χ1v) is 5.42. The largest absolute Gasteiger partial charge is 0.294 e. The van der Waals surface area contributed by atoms with Crippen molar-refractivity contribution >= 4 is 17.4 Å². The summed E-state index contributed by atoms with van der Waals surface area (Å²) >= 11 is 5.89. The molecule has 0 bridgehead atoms. The van der Waals surface area contributed by atoms with Gasteiger partial charge >= 0.3 is 0 Å². The third kappa shape index (κ3) is 1.83. The highest BCUT2D eigenvalue weighted by molar-refractivity contribution is 6.31. The Kier molecular flexibility index (Phi) is 2.60. The first kappa shape index (κ1) is 9.72. The standard InChI is InChI=1S/C12H13ClO/c1-2-8-5-6-10(13)7-11(8)12(14)9-3-4-9/h5-7,9H,2-4H2,1H3. The monoisotopic (exact) mass is 208 g/mol. The van der Waals surface area contributed by atoms with Gasteiger partial charge in [-0.3, -0.25) is 4.79 Å². The molecule has 1 fully saturated rings. The second-order valence-electron chi connectivity index (χ2n) is 3.79. The molecule has 1 nitrogen and oxygen atoms in total. The third-order valence-electron chi connectivity index (χ3n) is 2.67. The topological polar surface area (TPSA) is 17.1 Å². The molecule has 0 aliphatic heterocycles. The molecule has 0 atom stereocenters. The van der Waals surface area contributed by atoms with Crippen LogP contribution < -0.4 is 0 Å². The van der Waals surface area contributed by atoms with E-state index < -0.39 is 0 Å². The fourth-order valence-corrected chi connectivity index (χ4v) is 1.82. The number of benzene rings is 1. The molecule has 0 saturated heterocycles. The van der Waals surface area contributed by atoms with E-state index in [-0.39, 0.29) is 11.7 Å². The van der Waals surface area contributed by atoms with Crippen LogP contribution in [0.2, 0.25) is 5.02 Å². The van der Waals surface area contributed by atoms with E-state index in [2.05, 4.69) is 6.92 Å². The molecule has 0 radical (unpaired) electrons. The van der Waals surface area contributed by atoms with Gasteiger partial charge in [0.2, 0.25) is 0 Å². The van der Waals surface area contributed by atoms with Crippen molar-refractivity contribution in [3.05, 3.63) is 34.3 Å². The van der Waals surface area contributed by atoms with Gasteiger partial charge in [-0.1, -0.05) is 24.6 Å². The Hall–Kier alpha value is -0.820. The van der Waals surface area contributed by atoms with E-state index in [0.717, 1.165) is 30.4 Å². The van der Waals surface area contributed by atoms with Crippen molar-refractivity contribution in [3.63, 3.8) is 0 Å². The fraction of sp³-hybridized carbons (Fsp3) is 0.417. The molecule has 0 heterocycles. The summed E-state index contributed by atoms with van der Waals surface area (Å²) in [6, 6.07) is 5.61. The molecule has 0 unspecified atom stereocenters. The van der Waals surface area contributed by atoms with Crippen LogP contribution in [-0.2, 0) is 6.42 Å².